The van der Waals surface area contributed by atoms with Crippen LogP contribution in [-0.4, -0.2) is 66.4 Å². The van der Waals surface area contributed by atoms with Crippen LogP contribution >= 0.6 is 0 Å². The molecule has 29 heavy (non-hydrogen) atoms. The van der Waals surface area contributed by atoms with Gasteiger partial charge in [0.05, 0.1) is 6.54 Å². The third-order valence-electron chi connectivity index (χ3n) is 4.65. The third-order valence-corrected chi connectivity index (χ3v) is 4.65. The van der Waals surface area contributed by atoms with E-state index in [1.807, 2.05) is 0 Å². The molecule has 4 heterocycles. The van der Waals surface area contributed by atoms with Gasteiger partial charge in [0.1, 0.15) is 17.4 Å². The minimum atomic E-state index is -1.01. The average Bonchev–Trinajstić information content (AvgIpc) is 3.36. The van der Waals surface area contributed by atoms with Gasteiger partial charge in [-0.05, 0) is 12.5 Å². The molecule has 2 aliphatic rings. The molecule has 0 aliphatic carbocycles. The van der Waals surface area contributed by atoms with Crippen LogP contribution in [0.4, 0.5) is 0 Å². The van der Waals surface area contributed by atoms with Crippen molar-refractivity contribution in [1.82, 2.24) is 35.0 Å². The molecule has 0 bridgehead atoms. The van der Waals surface area contributed by atoms with Crippen molar-refractivity contribution in [3.05, 3.63) is 29.9 Å². The molecule has 0 radical (unpaired) electrons. The van der Waals surface area contributed by atoms with E-state index in [1.54, 1.807) is 31.0 Å². The second kappa shape index (κ2) is 6.96. The molecule has 0 aromatic carbocycles. The van der Waals surface area contributed by atoms with Crippen LogP contribution in [0.2, 0.25) is 0 Å². The molecule has 2 aromatic rings. The lowest BCUT2D eigenvalue weighted by molar-refractivity contribution is -0.150. The second-order valence-corrected chi connectivity index (χ2v) is 6.75. The van der Waals surface area contributed by atoms with E-state index in [1.165, 1.54) is 4.90 Å². The summed E-state index contributed by atoms with van der Waals surface area (Å²) in [4.78, 5) is 55.0. The first-order chi connectivity index (χ1) is 13.8. The quantitative estimate of drug-likeness (QED) is 0.623. The Balaban J connectivity index is 1.46. The van der Waals surface area contributed by atoms with Crippen LogP contribution in [0.5, 0.6) is 0 Å². The van der Waals surface area contributed by atoms with E-state index in [0.717, 1.165) is 11.0 Å². The Morgan fingerprint density at radius 2 is 2.10 bits per heavy atom. The summed E-state index contributed by atoms with van der Waals surface area (Å²) < 4.78 is 6.81. The monoisotopic (exact) mass is 399 g/mol. The van der Waals surface area contributed by atoms with E-state index >= 15 is 0 Å². The van der Waals surface area contributed by atoms with E-state index in [2.05, 4.69) is 20.6 Å². The Kier molecular flexibility index (Phi) is 4.45. The molecule has 1 atom stereocenters. The summed E-state index contributed by atoms with van der Waals surface area (Å²) in [6.07, 6.45) is 3.07. The van der Waals surface area contributed by atoms with Gasteiger partial charge in [-0.1, -0.05) is 5.16 Å². The fourth-order valence-corrected chi connectivity index (χ4v) is 3.21. The Morgan fingerprint density at radius 3 is 2.79 bits per heavy atom. The highest BCUT2D eigenvalue weighted by molar-refractivity contribution is 6.18. The van der Waals surface area contributed by atoms with Crippen molar-refractivity contribution in [2.24, 2.45) is 7.05 Å². The standard InChI is InChI=1S/C17H17N7O5/c1-22(8-13-19-15(21-29-13)9-5-6-23(2)20-9)11-7-14(26)24(17(11)28)10-3-4-12(25)18-16(10)27/h5-7,10H,3-4,8H2,1-2H3,(H,18,25,27). The minimum absolute atomic E-state index is 0.0664. The smallest absolute Gasteiger partial charge is 0.277 e. The fraction of sp³-hybridized carbons (Fsp3) is 0.353. The summed E-state index contributed by atoms with van der Waals surface area (Å²) in [6, 6.07) is 0.728. The first kappa shape index (κ1) is 18.5. The molecular weight excluding hydrogens is 382 g/mol. The van der Waals surface area contributed by atoms with E-state index < -0.39 is 29.7 Å². The normalized spacial score (nSPS) is 19.6. The van der Waals surface area contributed by atoms with Gasteiger partial charge in [0.2, 0.25) is 23.5 Å². The molecule has 12 heteroatoms. The predicted octanol–water partition coefficient (Wildman–Crippen LogP) is -1.04. The van der Waals surface area contributed by atoms with Crippen LogP contribution in [0.15, 0.2) is 28.6 Å². The highest BCUT2D eigenvalue weighted by atomic mass is 16.5. The summed E-state index contributed by atoms with van der Waals surface area (Å²) in [6.45, 7) is 0.0773. The zero-order valence-corrected chi connectivity index (χ0v) is 15.7. The maximum absolute atomic E-state index is 12.8. The van der Waals surface area contributed by atoms with E-state index in [-0.39, 0.29) is 31.0 Å². The Labute approximate surface area is 164 Å². The van der Waals surface area contributed by atoms with Gasteiger partial charge in [-0.15, -0.1) is 0 Å². The average molecular weight is 399 g/mol. The minimum Gasteiger partial charge on any atom is -0.361 e. The number of nitrogens with one attached hydrogen (secondary N) is 1. The molecule has 150 valence electrons. The fourth-order valence-electron chi connectivity index (χ4n) is 3.21. The number of likely N-dealkylation sites (N-methyl/N-ethyl adjacent to an activating group) is 1. The molecule has 2 aliphatic heterocycles. The van der Waals surface area contributed by atoms with Gasteiger partial charge in [-0.25, -0.2) is 0 Å². The summed E-state index contributed by atoms with van der Waals surface area (Å²) in [5, 5.41) is 10.2. The summed E-state index contributed by atoms with van der Waals surface area (Å²) in [5.41, 5.74) is 0.637. The van der Waals surface area contributed by atoms with Gasteiger partial charge in [0.25, 0.3) is 11.8 Å². The van der Waals surface area contributed by atoms with E-state index in [9.17, 15) is 19.2 Å². The molecule has 1 N–H and O–H groups in total. The Morgan fingerprint density at radius 1 is 1.31 bits per heavy atom. The van der Waals surface area contributed by atoms with E-state index in [0.29, 0.717) is 11.5 Å². The molecule has 1 fully saturated rings. The van der Waals surface area contributed by atoms with Gasteiger partial charge in [-0.2, -0.15) is 10.1 Å². The number of aromatic nitrogens is 4. The molecule has 0 saturated carbocycles. The lowest BCUT2D eigenvalue weighted by Crippen LogP contribution is -2.54. The van der Waals surface area contributed by atoms with Crippen LogP contribution < -0.4 is 5.32 Å². The number of aryl methyl sites for hydroxylation is 1. The molecule has 0 spiro atoms. The Hall–Kier alpha value is -3.83. The van der Waals surface area contributed by atoms with Crippen molar-refractivity contribution in [3.8, 4) is 11.5 Å². The number of imide groups is 2. The molecule has 2 aromatic heterocycles. The van der Waals surface area contributed by atoms with Crippen molar-refractivity contribution < 1.29 is 23.7 Å². The van der Waals surface area contributed by atoms with Crippen molar-refractivity contribution in [3.63, 3.8) is 0 Å². The SMILES string of the molecule is CN(Cc1nc(-c2ccn(C)n2)no1)C1=CC(=O)N(C2CCC(=O)NC2=O)C1=O. The maximum atomic E-state index is 12.8. The van der Waals surface area contributed by atoms with Crippen LogP contribution in [0.25, 0.3) is 11.5 Å². The zero-order valence-electron chi connectivity index (χ0n) is 15.7. The van der Waals surface area contributed by atoms with Crippen LogP contribution in [0, 0.1) is 0 Å². The summed E-state index contributed by atoms with van der Waals surface area (Å²) >= 11 is 0. The molecule has 1 unspecified atom stereocenters. The molecule has 1 saturated heterocycles. The third kappa shape index (κ3) is 3.39. The number of piperidine rings is 1. The molecule has 12 nitrogen and oxygen atoms in total. The zero-order chi connectivity index (χ0) is 20.7. The van der Waals surface area contributed by atoms with Crippen molar-refractivity contribution in [2.75, 3.05) is 7.05 Å². The largest absolute Gasteiger partial charge is 0.361 e. The summed E-state index contributed by atoms with van der Waals surface area (Å²) in [7, 11) is 3.36. The number of carbonyl (C=O) groups is 4. The molecule has 4 rings (SSSR count). The summed E-state index contributed by atoms with van der Waals surface area (Å²) in [5.74, 6) is -1.76. The van der Waals surface area contributed by atoms with Gasteiger partial charge in [0.15, 0.2) is 0 Å². The van der Waals surface area contributed by atoms with E-state index in [4.69, 9.17) is 4.52 Å². The first-order valence-corrected chi connectivity index (χ1v) is 8.80. The number of hydrogen-bond donors (Lipinski definition) is 1. The van der Waals surface area contributed by atoms with Crippen LogP contribution in [0.1, 0.15) is 18.7 Å². The van der Waals surface area contributed by atoms with Gasteiger partial charge >= 0.3 is 0 Å². The second-order valence-electron chi connectivity index (χ2n) is 6.75. The lowest BCUT2D eigenvalue weighted by Gasteiger charge is -2.29. The topological polar surface area (TPSA) is 144 Å². The van der Waals surface area contributed by atoms with Crippen LogP contribution in [0.3, 0.4) is 0 Å². The predicted molar refractivity (Wildman–Crippen MR) is 94.1 cm³/mol. The Bertz CT molecular complexity index is 1050. The lowest BCUT2D eigenvalue weighted by atomic mass is 10.0. The molecular formula is C17H17N7O5. The first-order valence-electron chi connectivity index (χ1n) is 8.80. The molecule has 4 amide bonds. The van der Waals surface area contributed by atoms with Crippen molar-refractivity contribution in [2.45, 2.75) is 25.4 Å². The maximum Gasteiger partial charge on any atom is 0.277 e. The highest BCUT2D eigenvalue weighted by Crippen LogP contribution is 2.24. The van der Waals surface area contributed by atoms with Crippen LogP contribution in [-0.2, 0) is 32.8 Å². The number of nitrogens with zero attached hydrogens (tertiary/aromatic N) is 6. The van der Waals surface area contributed by atoms with Crippen molar-refractivity contribution >= 4 is 23.6 Å². The highest BCUT2D eigenvalue weighted by Gasteiger charge is 2.43. The van der Waals surface area contributed by atoms with Crippen molar-refractivity contribution in [1.29, 1.82) is 0 Å². The number of carbonyl (C=O) groups excluding carboxylic acids is 4. The number of rotatable bonds is 5. The number of amides is 4. The van der Waals surface area contributed by atoms with Gasteiger partial charge in [-0.3, -0.25) is 34.1 Å². The number of hydrogen-bond acceptors (Lipinski definition) is 9. The van der Waals surface area contributed by atoms with Gasteiger partial charge in [0, 0.05) is 32.8 Å². The van der Waals surface area contributed by atoms with Gasteiger partial charge < -0.3 is 9.42 Å².